The molecule has 0 saturated carbocycles. The van der Waals surface area contributed by atoms with Crippen molar-refractivity contribution in [1.82, 2.24) is 9.97 Å². The third kappa shape index (κ3) is 4.43. The monoisotopic (exact) mass is 300 g/mol. The van der Waals surface area contributed by atoms with Crippen LogP contribution >= 0.6 is 0 Å². The maximum atomic E-state index is 5.04. The van der Waals surface area contributed by atoms with E-state index in [2.05, 4.69) is 58.3 Å². The number of methoxy groups -OCH3 is 1. The van der Waals surface area contributed by atoms with Crippen molar-refractivity contribution in [2.45, 2.75) is 20.3 Å². The third-order valence-corrected chi connectivity index (χ3v) is 3.36. The van der Waals surface area contributed by atoms with E-state index in [1.165, 1.54) is 5.56 Å². The second kappa shape index (κ2) is 8.34. The molecule has 0 atom stereocenters. The fourth-order valence-corrected chi connectivity index (χ4v) is 2.27. The number of rotatable bonds is 8. The fraction of sp³-hybridized carbons (Fsp3) is 0.412. The zero-order chi connectivity index (χ0) is 15.8. The van der Waals surface area contributed by atoms with Gasteiger partial charge in [-0.1, -0.05) is 12.1 Å². The summed E-state index contributed by atoms with van der Waals surface area (Å²) in [6.45, 7) is 6.60. The van der Waals surface area contributed by atoms with Crippen molar-refractivity contribution in [3.8, 4) is 0 Å². The summed E-state index contributed by atoms with van der Waals surface area (Å²) in [5.74, 6) is 1.55. The Bertz CT molecular complexity index is 588. The molecule has 1 heterocycles. The summed E-state index contributed by atoms with van der Waals surface area (Å²) in [6, 6.07) is 10.4. The first kappa shape index (κ1) is 16.2. The highest BCUT2D eigenvalue weighted by molar-refractivity contribution is 5.61. The van der Waals surface area contributed by atoms with Crippen LogP contribution in [0, 0.1) is 6.92 Å². The molecule has 0 unspecified atom stereocenters. The lowest BCUT2D eigenvalue weighted by atomic mass is 10.2. The molecule has 0 fully saturated rings. The van der Waals surface area contributed by atoms with Gasteiger partial charge in [0.05, 0.1) is 0 Å². The molecule has 2 aromatic rings. The molecular formula is C17H24N4O. The molecule has 0 amide bonds. The topological polar surface area (TPSA) is 50.3 Å². The largest absolute Gasteiger partial charge is 0.385 e. The summed E-state index contributed by atoms with van der Waals surface area (Å²) in [6.07, 6.45) is 2.72. The highest BCUT2D eigenvalue weighted by atomic mass is 16.5. The molecule has 1 aromatic carbocycles. The molecule has 5 nitrogen and oxygen atoms in total. The molecular weight excluding hydrogens is 276 g/mol. The van der Waals surface area contributed by atoms with E-state index in [0.717, 1.165) is 37.6 Å². The highest BCUT2D eigenvalue weighted by Crippen LogP contribution is 2.24. The van der Waals surface area contributed by atoms with Gasteiger partial charge in [0.2, 0.25) is 5.95 Å². The van der Waals surface area contributed by atoms with Gasteiger partial charge in [0.25, 0.3) is 0 Å². The second-order valence-electron chi connectivity index (χ2n) is 5.09. The minimum atomic E-state index is 0.653. The Kier molecular flexibility index (Phi) is 6.15. The predicted octanol–water partition coefficient (Wildman–Crippen LogP) is 3.39. The van der Waals surface area contributed by atoms with Gasteiger partial charge in [-0.05, 0) is 44.0 Å². The molecule has 0 aliphatic rings. The molecule has 1 N–H and O–H groups in total. The van der Waals surface area contributed by atoms with Crippen LogP contribution in [0.3, 0.4) is 0 Å². The summed E-state index contributed by atoms with van der Waals surface area (Å²) >= 11 is 0. The van der Waals surface area contributed by atoms with Gasteiger partial charge in [0.15, 0.2) is 0 Å². The quantitative estimate of drug-likeness (QED) is 0.757. The number of benzene rings is 1. The molecule has 0 aliphatic heterocycles. The predicted molar refractivity (Wildman–Crippen MR) is 90.9 cm³/mol. The lowest BCUT2D eigenvalue weighted by Gasteiger charge is -2.22. The average Bonchev–Trinajstić information content (AvgIpc) is 2.53. The van der Waals surface area contributed by atoms with Gasteiger partial charge < -0.3 is 15.0 Å². The van der Waals surface area contributed by atoms with Crippen LogP contribution in [0.4, 0.5) is 17.5 Å². The van der Waals surface area contributed by atoms with Crippen LogP contribution in [0.1, 0.15) is 18.9 Å². The van der Waals surface area contributed by atoms with E-state index in [9.17, 15) is 0 Å². The molecule has 0 radical (unpaired) electrons. The molecule has 1 aromatic heterocycles. The van der Waals surface area contributed by atoms with Crippen LogP contribution in [0.15, 0.2) is 36.5 Å². The highest BCUT2D eigenvalue weighted by Gasteiger charge is 2.09. The molecule has 22 heavy (non-hydrogen) atoms. The lowest BCUT2D eigenvalue weighted by Crippen LogP contribution is -2.18. The smallest absolute Gasteiger partial charge is 0.224 e. The maximum absolute atomic E-state index is 5.04. The number of hydrogen-bond donors (Lipinski definition) is 1. The van der Waals surface area contributed by atoms with Crippen molar-refractivity contribution in [2.24, 2.45) is 0 Å². The van der Waals surface area contributed by atoms with Crippen molar-refractivity contribution in [2.75, 3.05) is 37.0 Å². The molecule has 0 saturated heterocycles. The molecule has 2 rings (SSSR count). The number of aryl methyl sites for hydroxylation is 1. The molecule has 5 heteroatoms. The number of ether oxygens (including phenoxy) is 1. The first-order valence-electron chi connectivity index (χ1n) is 7.64. The zero-order valence-corrected chi connectivity index (χ0v) is 13.5. The van der Waals surface area contributed by atoms with Gasteiger partial charge in [-0.3, -0.25) is 0 Å². The van der Waals surface area contributed by atoms with Crippen LogP contribution in [-0.4, -0.2) is 36.8 Å². The summed E-state index contributed by atoms with van der Waals surface area (Å²) in [5, 5.41) is 3.23. The summed E-state index contributed by atoms with van der Waals surface area (Å²) in [7, 11) is 1.71. The Balaban J connectivity index is 2.12. The van der Waals surface area contributed by atoms with Crippen LogP contribution in [0.5, 0.6) is 0 Å². The van der Waals surface area contributed by atoms with Crippen molar-refractivity contribution < 1.29 is 4.74 Å². The first-order chi connectivity index (χ1) is 10.7. The number of aromatic nitrogens is 2. The van der Waals surface area contributed by atoms with Crippen molar-refractivity contribution in [3.05, 3.63) is 42.1 Å². The van der Waals surface area contributed by atoms with E-state index in [4.69, 9.17) is 4.74 Å². The second-order valence-corrected chi connectivity index (χ2v) is 5.09. The van der Waals surface area contributed by atoms with Gasteiger partial charge in [0, 0.05) is 38.7 Å². The number of hydrogen-bond acceptors (Lipinski definition) is 5. The minimum Gasteiger partial charge on any atom is -0.385 e. The normalized spacial score (nSPS) is 10.5. The van der Waals surface area contributed by atoms with Crippen molar-refractivity contribution in [1.29, 1.82) is 0 Å². The molecule has 0 spiro atoms. The van der Waals surface area contributed by atoms with Crippen LogP contribution in [0.2, 0.25) is 0 Å². The molecule has 0 aliphatic carbocycles. The van der Waals surface area contributed by atoms with E-state index < -0.39 is 0 Å². The van der Waals surface area contributed by atoms with Gasteiger partial charge >= 0.3 is 0 Å². The zero-order valence-electron chi connectivity index (χ0n) is 13.5. The Hall–Kier alpha value is -2.14. The van der Waals surface area contributed by atoms with E-state index in [1.807, 2.05) is 6.07 Å². The van der Waals surface area contributed by atoms with Gasteiger partial charge in [-0.25, -0.2) is 4.98 Å². The Morgan fingerprint density at radius 1 is 1.27 bits per heavy atom. The van der Waals surface area contributed by atoms with Gasteiger partial charge in [-0.15, -0.1) is 0 Å². The fourth-order valence-electron chi connectivity index (χ4n) is 2.27. The van der Waals surface area contributed by atoms with Gasteiger partial charge in [-0.2, -0.15) is 4.98 Å². The summed E-state index contributed by atoms with van der Waals surface area (Å²) < 4.78 is 5.04. The third-order valence-electron chi connectivity index (χ3n) is 3.36. The van der Waals surface area contributed by atoms with Crippen LogP contribution in [0.25, 0.3) is 0 Å². The van der Waals surface area contributed by atoms with E-state index in [-0.39, 0.29) is 0 Å². The van der Waals surface area contributed by atoms with Gasteiger partial charge in [0.1, 0.15) is 5.82 Å². The van der Waals surface area contributed by atoms with Crippen molar-refractivity contribution in [3.63, 3.8) is 0 Å². The lowest BCUT2D eigenvalue weighted by molar-refractivity contribution is 0.197. The maximum Gasteiger partial charge on any atom is 0.224 e. The first-order valence-corrected chi connectivity index (χ1v) is 7.64. The number of anilines is 3. The van der Waals surface area contributed by atoms with Crippen LogP contribution < -0.4 is 10.2 Å². The van der Waals surface area contributed by atoms with E-state index in [0.29, 0.717) is 5.95 Å². The molecule has 0 bridgehead atoms. The summed E-state index contributed by atoms with van der Waals surface area (Å²) in [4.78, 5) is 11.1. The summed E-state index contributed by atoms with van der Waals surface area (Å²) in [5.41, 5.74) is 2.38. The molecule has 118 valence electrons. The average molecular weight is 300 g/mol. The van der Waals surface area contributed by atoms with Crippen LogP contribution in [-0.2, 0) is 4.74 Å². The minimum absolute atomic E-state index is 0.653. The number of nitrogens with zero attached hydrogens (tertiary/aromatic N) is 3. The van der Waals surface area contributed by atoms with Crippen molar-refractivity contribution >= 4 is 17.5 Å². The standard InChI is InChI=1S/C17H24N4O/c1-4-21(15-8-5-7-14(2)13-15)16-9-11-19-17(20-16)18-10-6-12-22-3/h5,7-9,11,13H,4,6,10,12H2,1-3H3,(H,18,19,20). The number of nitrogens with one attached hydrogen (secondary N) is 1. The Morgan fingerprint density at radius 2 is 2.14 bits per heavy atom. The van der Waals surface area contributed by atoms with E-state index >= 15 is 0 Å². The Morgan fingerprint density at radius 3 is 2.86 bits per heavy atom. The Labute approximate surface area is 132 Å². The SMILES string of the molecule is CCN(c1cccc(C)c1)c1ccnc(NCCCOC)n1. The van der Waals surface area contributed by atoms with E-state index in [1.54, 1.807) is 13.3 Å².